The minimum Gasteiger partial charge on any atom is -0.466 e. The fourth-order valence-electron chi connectivity index (χ4n) is 2.33. The minimum absolute atomic E-state index is 0.263. The smallest absolute Gasteiger partial charge is 0.338 e. The molecule has 0 saturated carbocycles. The van der Waals surface area contributed by atoms with Crippen molar-refractivity contribution in [3.8, 4) is 0 Å². The molecule has 0 unspecified atom stereocenters. The van der Waals surface area contributed by atoms with Crippen molar-refractivity contribution in [3.63, 3.8) is 0 Å². The van der Waals surface area contributed by atoms with Gasteiger partial charge >= 0.3 is 5.97 Å². The first-order chi connectivity index (χ1) is 10.3. The Morgan fingerprint density at radius 2 is 2.38 bits per heavy atom. The van der Waals surface area contributed by atoms with Gasteiger partial charge in [-0.1, -0.05) is 6.07 Å². The van der Waals surface area contributed by atoms with Crippen LogP contribution >= 0.6 is 11.3 Å². The number of rotatable bonds is 4. The maximum absolute atomic E-state index is 12.3. The Balaban J connectivity index is 2.17. The first-order valence-corrected chi connectivity index (χ1v) is 7.14. The van der Waals surface area contributed by atoms with Crippen LogP contribution < -0.4 is 5.32 Å². The molecular formula is C13H14N4O3S. The molecule has 7 nitrogen and oxygen atoms in total. The summed E-state index contributed by atoms with van der Waals surface area (Å²) in [5, 5.41) is 9.26. The number of carbonyl (C=O) groups is 1. The average molecular weight is 306 g/mol. The van der Waals surface area contributed by atoms with Gasteiger partial charge in [-0.2, -0.15) is 10.1 Å². The molecular weight excluding hydrogens is 292 g/mol. The zero-order chi connectivity index (χ0) is 14.8. The highest BCUT2D eigenvalue weighted by Gasteiger charge is 2.35. The van der Waals surface area contributed by atoms with E-state index in [2.05, 4.69) is 15.4 Å². The topological polar surface area (TPSA) is 78.3 Å². The van der Waals surface area contributed by atoms with Gasteiger partial charge in [0.1, 0.15) is 12.4 Å². The molecule has 0 saturated heterocycles. The second-order valence-electron chi connectivity index (χ2n) is 4.39. The molecule has 1 aliphatic heterocycles. The molecule has 8 heteroatoms. The van der Waals surface area contributed by atoms with Gasteiger partial charge in [-0.05, 0) is 11.4 Å². The van der Waals surface area contributed by atoms with E-state index < -0.39 is 5.97 Å². The number of thiophene rings is 1. The predicted octanol–water partition coefficient (Wildman–Crippen LogP) is 1.43. The van der Waals surface area contributed by atoms with E-state index in [4.69, 9.17) is 9.47 Å². The number of nitrogens with zero attached hydrogens (tertiary/aromatic N) is 3. The summed E-state index contributed by atoms with van der Waals surface area (Å²) in [5.74, 6) is 0.169. The molecule has 2 aromatic rings. The largest absolute Gasteiger partial charge is 0.466 e. The fraction of sp³-hybridized carbons (Fsp3) is 0.308. The lowest BCUT2D eigenvalue weighted by atomic mass is 10.0. The van der Waals surface area contributed by atoms with Gasteiger partial charge in [0.15, 0.2) is 0 Å². The number of nitrogens with one attached hydrogen (secondary N) is 1. The maximum atomic E-state index is 12.3. The van der Waals surface area contributed by atoms with Gasteiger partial charge in [0, 0.05) is 12.0 Å². The van der Waals surface area contributed by atoms with Crippen LogP contribution in [-0.4, -0.2) is 41.6 Å². The third-order valence-corrected chi connectivity index (χ3v) is 4.11. The predicted molar refractivity (Wildman–Crippen MR) is 77.0 cm³/mol. The number of ether oxygens (including phenoxy) is 2. The molecule has 0 bridgehead atoms. The quantitative estimate of drug-likeness (QED) is 0.861. The van der Waals surface area contributed by atoms with Crippen LogP contribution in [0.4, 0.5) is 5.95 Å². The number of hydrogen-bond acceptors (Lipinski definition) is 7. The molecule has 0 aliphatic carbocycles. The van der Waals surface area contributed by atoms with Gasteiger partial charge in [0.2, 0.25) is 5.95 Å². The molecule has 0 aromatic carbocycles. The highest BCUT2D eigenvalue weighted by atomic mass is 32.1. The zero-order valence-corrected chi connectivity index (χ0v) is 12.4. The van der Waals surface area contributed by atoms with E-state index >= 15 is 0 Å². The summed E-state index contributed by atoms with van der Waals surface area (Å²) < 4.78 is 11.8. The second kappa shape index (κ2) is 5.66. The van der Waals surface area contributed by atoms with Crippen molar-refractivity contribution in [2.45, 2.75) is 6.04 Å². The van der Waals surface area contributed by atoms with E-state index in [0.717, 1.165) is 4.88 Å². The van der Waals surface area contributed by atoms with Crippen LogP contribution in [0.2, 0.25) is 0 Å². The van der Waals surface area contributed by atoms with Crippen LogP contribution in [0.25, 0.3) is 0 Å². The highest BCUT2D eigenvalue weighted by Crippen LogP contribution is 2.37. The summed E-state index contributed by atoms with van der Waals surface area (Å²) in [6.07, 6.45) is 1.45. The molecule has 1 atom stereocenters. The van der Waals surface area contributed by atoms with Gasteiger partial charge in [0.25, 0.3) is 0 Å². The van der Waals surface area contributed by atoms with Crippen LogP contribution in [-0.2, 0) is 14.3 Å². The lowest BCUT2D eigenvalue weighted by Gasteiger charge is -2.27. The van der Waals surface area contributed by atoms with Crippen LogP contribution in [0.15, 0.2) is 35.1 Å². The SMILES string of the molecule is COCC1=C(C(=O)OC)[C@@H](c2cccs2)n2ncnc2N1. The van der Waals surface area contributed by atoms with E-state index in [1.807, 2.05) is 17.5 Å². The van der Waals surface area contributed by atoms with Crippen LogP contribution in [0.5, 0.6) is 0 Å². The number of hydrogen-bond donors (Lipinski definition) is 1. The summed E-state index contributed by atoms with van der Waals surface area (Å²) in [6, 6.07) is 3.53. The molecule has 2 aromatic heterocycles. The summed E-state index contributed by atoms with van der Waals surface area (Å²) in [7, 11) is 2.94. The van der Waals surface area contributed by atoms with E-state index in [9.17, 15) is 4.79 Å². The maximum Gasteiger partial charge on any atom is 0.338 e. The number of fused-ring (bicyclic) bond motifs is 1. The van der Waals surface area contributed by atoms with Crippen molar-refractivity contribution >= 4 is 23.3 Å². The molecule has 1 N–H and O–H groups in total. The Bertz CT molecular complexity index is 677. The number of anilines is 1. The number of carbonyl (C=O) groups excluding carboxylic acids is 1. The third kappa shape index (κ3) is 2.32. The monoisotopic (exact) mass is 306 g/mol. The van der Waals surface area contributed by atoms with Crippen LogP contribution in [0.1, 0.15) is 10.9 Å². The number of methoxy groups -OCH3 is 2. The number of esters is 1. The molecule has 110 valence electrons. The molecule has 21 heavy (non-hydrogen) atoms. The standard InChI is InChI=1S/C13H14N4O3S/c1-19-6-8-10(12(18)20-2)11(9-4-3-5-21-9)17-13(16-8)14-7-15-17/h3-5,7,11H,6H2,1-2H3,(H,14,15,16)/t11-/m1/s1. The Labute approximate surface area is 125 Å². The Kier molecular flexibility index (Phi) is 3.72. The minimum atomic E-state index is -0.408. The Morgan fingerprint density at radius 1 is 1.52 bits per heavy atom. The zero-order valence-electron chi connectivity index (χ0n) is 11.6. The van der Waals surface area contributed by atoms with E-state index in [-0.39, 0.29) is 12.6 Å². The number of aromatic nitrogens is 3. The Morgan fingerprint density at radius 3 is 3.05 bits per heavy atom. The molecule has 0 amide bonds. The first kappa shape index (κ1) is 13.8. The third-order valence-electron chi connectivity index (χ3n) is 3.19. The molecule has 0 fully saturated rings. The van der Waals surface area contributed by atoms with E-state index in [1.165, 1.54) is 13.4 Å². The first-order valence-electron chi connectivity index (χ1n) is 6.26. The van der Waals surface area contributed by atoms with Gasteiger partial charge in [-0.25, -0.2) is 9.48 Å². The van der Waals surface area contributed by atoms with Crippen molar-refractivity contribution in [2.75, 3.05) is 26.1 Å². The molecule has 0 radical (unpaired) electrons. The summed E-state index contributed by atoms with van der Waals surface area (Å²) in [5.41, 5.74) is 1.13. The fourth-order valence-corrected chi connectivity index (χ4v) is 3.15. The average Bonchev–Trinajstić information content (AvgIpc) is 3.16. The molecule has 1 aliphatic rings. The summed E-state index contributed by atoms with van der Waals surface area (Å²) in [4.78, 5) is 17.4. The lowest BCUT2D eigenvalue weighted by molar-refractivity contribution is -0.136. The lowest BCUT2D eigenvalue weighted by Crippen LogP contribution is -2.31. The van der Waals surface area contributed by atoms with Gasteiger partial charge < -0.3 is 14.8 Å². The van der Waals surface area contributed by atoms with Crippen molar-refractivity contribution in [2.24, 2.45) is 0 Å². The van der Waals surface area contributed by atoms with Crippen LogP contribution in [0, 0.1) is 0 Å². The van der Waals surface area contributed by atoms with Gasteiger partial charge in [-0.3, -0.25) is 0 Å². The normalized spacial score (nSPS) is 17.3. The van der Waals surface area contributed by atoms with Crippen molar-refractivity contribution in [1.82, 2.24) is 14.8 Å². The summed E-state index contributed by atoms with van der Waals surface area (Å²) >= 11 is 1.55. The summed E-state index contributed by atoms with van der Waals surface area (Å²) in [6.45, 7) is 0.263. The van der Waals surface area contributed by atoms with E-state index in [0.29, 0.717) is 17.2 Å². The molecule has 3 rings (SSSR count). The molecule has 3 heterocycles. The van der Waals surface area contributed by atoms with Crippen molar-refractivity contribution in [3.05, 3.63) is 40.0 Å². The second-order valence-corrected chi connectivity index (χ2v) is 5.37. The van der Waals surface area contributed by atoms with Crippen molar-refractivity contribution in [1.29, 1.82) is 0 Å². The van der Waals surface area contributed by atoms with Gasteiger partial charge in [-0.15, -0.1) is 11.3 Å². The van der Waals surface area contributed by atoms with E-state index in [1.54, 1.807) is 23.1 Å². The van der Waals surface area contributed by atoms with Gasteiger partial charge in [0.05, 0.1) is 25.0 Å². The molecule has 0 spiro atoms. The van der Waals surface area contributed by atoms with Crippen LogP contribution in [0.3, 0.4) is 0 Å². The van der Waals surface area contributed by atoms with Crippen molar-refractivity contribution < 1.29 is 14.3 Å². The highest BCUT2D eigenvalue weighted by molar-refractivity contribution is 7.10. The Hall–Kier alpha value is -2.19.